The summed E-state index contributed by atoms with van der Waals surface area (Å²) in [5, 5.41) is 0. The highest BCUT2D eigenvalue weighted by Gasteiger charge is 2.26. The number of hydrogen-bond donors (Lipinski definition) is 1. The third-order valence-electron chi connectivity index (χ3n) is 5.19. The van der Waals surface area contributed by atoms with Gasteiger partial charge in [-0.05, 0) is 42.8 Å². The number of methoxy groups -OCH3 is 2. The van der Waals surface area contributed by atoms with Crippen LogP contribution in [0, 0.1) is 0 Å². The largest absolute Gasteiger partial charge is 0.497 e. The van der Waals surface area contributed by atoms with Crippen LogP contribution in [0.25, 0.3) is 11.3 Å². The van der Waals surface area contributed by atoms with Gasteiger partial charge in [0.25, 0.3) is 5.56 Å². The maximum absolute atomic E-state index is 12.2. The molecule has 7 nitrogen and oxygen atoms in total. The fourth-order valence-electron chi connectivity index (χ4n) is 3.75. The number of hydrogen-bond acceptors (Lipinski definition) is 6. The highest BCUT2D eigenvalue weighted by Crippen LogP contribution is 2.29. The van der Waals surface area contributed by atoms with Crippen molar-refractivity contribution in [1.29, 1.82) is 0 Å². The van der Waals surface area contributed by atoms with Gasteiger partial charge in [0.15, 0.2) is 0 Å². The van der Waals surface area contributed by atoms with Crippen molar-refractivity contribution >= 4 is 0 Å². The second-order valence-electron chi connectivity index (χ2n) is 7.20. The lowest BCUT2D eigenvalue weighted by Crippen LogP contribution is -2.21. The van der Waals surface area contributed by atoms with Crippen LogP contribution in [0.5, 0.6) is 11.5 Å². The zero-order valence-corrected chi connectivity index (χ0v) is 16.6. The Hall–Kier alpha value is -3.19. The highest BCUT2D eigenvalue weighted by molar-refractivity contribution is 5.57. The molecule has 0 unspecified atom stereocenters. The van der Waals surface area contributed by atoms with Gasteiger partial charge < -0.3 is 14.5 Å². The summed E-state index contributed by atoms with van der Waals surface area (Å²) in [7, 11) is 3.31. The van der Waals surface area contributed by atoms with Crippen molar-refractivity contribution in [2.75, 3.05) is 27.3 Å². The molecule has 0 aliphatic carbocycles. The van der Waals surface area contributed by atoms with E-state index in [2.05, 4.69) is 14.9 Å². The third kappa shape index (κ3) is 4.46. The van der Waals surface area contributed by atoms with Crippen LogP contribution < -0.4 is 15.0 Å². The Morgan fingerprint density at radius 3 is 2.66 bits per heavy atom. The second-order valence-corrected chi connectivity index (χ2v) is 7.20. The standard InChI is InChI=1S/C22H24N4O3/c1-28-18-8-15(9-19(10-18)29-2)13-26-7-5-17(14-26)22-24-20(11-21(27)25-22)16-4-3-6-23-12-16/h3-4,6,8-12,17H,5,7,13-14H2,1-2H3,(H,24,25,27)/t17-/m1/s1. The van der Waals surface area contributed by atoms with Crippen LogP contribution in [-0.4, -0.2) is 47.2 Å². The number of nitrogens with zero attached hydrogens (tertiary/aromatic N) is 3. The summed E-state index contributed by atoms with van der Waals surface area (Å²) in [6, 6.07) is 11.2. The molecule has 1 aromatic carbocycles. The van der Waals surface area contributed by atoms with Crippen molar-refractivity contribution in [3.8, 4) is 22.8 Å². The summed E-state index contributed by atoms with van der Waals surface area (Å²) in [6.45, 7) is 2.56. The molecule has 2 aromatic heterocycles. The second kappa shape index (κ2) is 8.45. The van der Waals surface area contributed by atoms with Crippen LogP contribution in [0.15, 0.2) is 53.6 Å². The number of ether oxygens (including phenoxy) is 2. The van der Waals surface area contributed by atoms with E-state index >= 15 is 0 Å². The molecule has 1 aliphatic rings. The summed E-state index contributed by atoms with van der Waals surface area (Å²) >= 11 is 0. The molecule has 1 atom stereocenters. The molecule has 3 aromatic rings. The average molecular weight is 392 g/mol. The van der Waals surface area contributed by atoms with Crippen molar-refractivity contribution in [3.05, 3.63) is 70.5 Å². The molecule has 0 bridgehead atoms. The summed E-state index contributed by atoms with van der Waals surface area (Å²) in [5.74, 6) is 2.49. The molecular formula is C22H24N4O3. The van der Waals surface area contributed by atoms with E-state index in [4.69, 9.17) is 14.5 Å². The van der Waals surface area contributed by atoms with E-state index in [9.17, 15) is 4.79 Å². The zero-order valence-electron chi connectivity index (χ0n) is 16.6. The van der Waals surface area contributed by atoms with Crippen LogP contribution in [0.1, 0.15) is 23.7 Å². The van der Waals surface area contributed by atoms with Gasteiger partial charge >= 0.3 is 0 Å². The van der Waals surface area contributed by atoms with Gasteiger partial charge in [-0.15, -0.1) is 0 Å². The predicted molar refractivity (Wildman–Crippen MR) is 110 cm³/mol. The topological polar surface area (TPSA) is 80.3 Å². The Kier molecular flexibility index (Phi) is 5.57. The normalized spacial score (nSPS) is 16.7. The Bertz CT molecular complexity index is 1010. The minimum atomic E-state index is -0.134. The van der Waals surface area contributed by atoms with E-state index in [-0.39, 0.29) is 11.5 Å². The van der Waals surface area contributed by atoms with Gasteiger partial charge in [-0.3, -0.25) is 14.7 Å². The first-order valence-electron chi connectivity index (χ1n) is 9.60. The molecule has 3 heterocycles. The van der Waals surface area contributed by atoms with Gasteiger partial charge in [-0.25, -0.2) is 4.98 Å². The van der Waals surface area contributed by atoms with Crippen LogP contribution in [-0.2, 0) is 6.54 Å². The number of benzene rings is 1. The van der Waals surface area contributed by atoms with Crippen LogP contribution in [0.4, 0.5) is 0 Å². The Balaban J connectivity index is 1.51. The maximum atomic E-state index is 12.2. The molecule has 1 aliphatic heterocycles. The first-order chi connectivity index (χ1) is 14.1. The van der Waals surface area contributed by atoms with Gasteiger partial charge in [-0.1, -0.05) is 0 Å². The molecule has 29 heavy (non-hydrogen) atoms. The van der Waals surface area contributed by atoms with Crippen LogP contribution >= 0.6 is 0 Å². The number of pyridine rings is 1. The molecule has 0 saturated carbocycles. The number of likely N-dealkylation sites (tertiary alicyclic amines) is 1. The maximum Gasteiger partial charge on any atom is 0.251 e. The first-order valence-corrected chi connectivity index (χ1v) is 9.60. The van der Waals surface area contributed by atoms with Crippen LogP contribution in [0.2, 0.25) is 0 Å². The summed E-state index contributed by atoms with van der Waals surface area (Å²) < 4.78 is 10.7. The number of nitrogens with one attached hydrogen (secondary N) is 1. The molecule has 7 heteroatoms. The molecule has 4 rings (SSSR count). The predicted octanol–water partition coefficient (Wildman–Crippen LogP) is 2.84. The molecule has 1 fully saturated rings. The van der Waals surface area contributed by atoms with Gasteiger partial charge in [0.2, 0.25) is 0 Å². The van der Waals surface area contributed by atoms with Crippen molar-refractivity contribution in [2.45, 2.75) is 18.9 Å². The van der Waals surface area contributed by atoms with E-state index < -0.39 is 0 Å². The number of aromatic nitrogens is 3. The number of H-pyrrole nitrogens is 1. The van der Waals surface area contributed by atoms with Gasteiger partial charge in [0, 0.05) is 49.1 Å². The number of aromatic amines is 1. The minimum Gasteiger partial charge on any atom is -0.497 e. The highest BCUT2D eigenvalue weighted by atomic mass is 16.5. The Morgan fingerprint density at radius 2 is 1.97 bits per heavy atom. The van der Waals surface area contributed by atoms with Crippen molar-refractivity contribution in [2.24, 2.45) is 0 Å². The Labute approximate surface area is 169 Å². The Morgan fingerprint density at radius 1 is 1.17 bits per heavy atom. The fourth-order valence-corrected chi connectivity index (χ4v) is 3.75. The SMILES string of the molecule is COc1cc(CN2CC[C@@H](c3nc(-c4cccnc4)cc(=O)[nH]3)C2)cc(OC)c1. The molecule has 150 valence electrons. The lowest BCUT2D eigenvalue weighted by molar-refractivity contribution is 0.323. The average Bonchev–Trinajstić information content (AvgIpc) is 3.22. The summed E-state index contributed by atoms with van der Waals surface area (Å²) in [4.78, 5) is 26.3. The van der Waals surface area contributed by atoms with Crippen LogP contribution in [0.3, 0.4) is 0 Å². The van der Waals surface area contributed by atoms with E-state index in [1.807, 2.05) is 30.3 Å². The van der Waals surface area contributed by atoms with Crippen molar-refractivity contribution in [1.82, 2.24) is 19.9 Å². The van der Waals surface area contributed by atoms with E-state index in [0.29, 0.717) is 5.69 Å². The molecular weight excluding hydrogens is 368 g/mol. The van der Waals surface area contributed by atoms with E-state index in [0.717, 1.165) is 54.5 Å². The molecule has 0 spiro atoms. The minimum absolute atomic E-state index is 0.134. The van der Waals surface area contributed by atoms with Crippen molar-refractivity contribution in [3.63, 3.8) is 0 Å². The number of rotatable bonds is 6. The summed E-state index contributed by atoms with van der Waals surface area (Å²) in [5.41, 5.74) is 2.50. The molecule has 0 amide bonds. The van der Waals surface area contributed by atoms with Gasteiger partial charge in [0.1, 0.15) is 17.3 Å². The zero-order chi connectivity index (χ0) is 20.2. The molecule has 0 radical (unpaired) electrons. The van der Waals surface area contributed by atoms with Crippen molar-refractivity contribution < 1.29 is 9.47 Å². The fraction of sp³-hybridized carbons (Fsp3) is 0.318. The lowest BCUT2D eigenvalue weighted by atomic mass is 10.1. The first kappa shape index (κ1) is 19.1. The quantitative estimate of drug-likeness (QED) is 0.695. The monoisotopic (exact) mass is 392 g/mol. The van der Waals surface area contributed by atoms with E-state index in [1.165, 1.54) is 6.07 Å². The third-order valence-corrected chi connectivity index (χ3v) is 5.19. The van der Waals surface area contributed by atoms with Gasteiger partial charge in [0.05, 0.1) is 19.9 Å². The van der Waals surface area contributed by atoms with Gasteiger partial charge in [-0.2, -0.15) is 0 Å². The molecule has 1 saturated heterocycles. The molecule has 1 N–H and O–H groups in total. The van der Waals surface area contributed by atoms with E-state index in [1.54, 1.807) is 26.6 Å². The smallest absolute Gasteiger partial charge is 0.251 e. The summed E-state index contributed by atoms with van der Waals surface area (Å²) in [6.07, 6.45) is 4.38. The lowest BCUT2D eigenvalue weighted by Gasteiger charge is -2.17.